The number of nitrogens with two attached hydrogens (primary N) is 1. The number of carbonyl (C=O) groups is 2. The number of aldehydes is 1. The van der Waals surface area contributed by atoms with Crippen LogP contribution < -0.4 is 11.1 Å². The van der Waals surface area contributed by atoms with Crippen LogP contribution in [-0.2, 0) is 4.79 Å². The first kappa shape index (κ1) is 11.7. The van der Waals surface area contributed by atoms with Gasteiger partial charge in [0.05, 0.1) is 0 Å². The first-order valence-electron chi connectivity index (χ1n) is 3.24. The summed E-state index contributed by atoms with van der Waals surface area (Å²) in [4.78, 5) is 19.5. The molecule has 0 atom stereocenters. The fraction of sp³-hybridized carbons (Fsp3) is 0.667. The maximum atomic E-state index is 9.87. The van der Waals surface area contributed by atoms with Crippen molar-refractivity contribution in [2.45, 2.75) is 20.3 Å². The summed E-state index contributed by atoms with van der Waals surface area (Å²) in [7, 11) is 0. The van der Waals surface area contributed by atoms with E-state index < -0.39 is 6.03 Å². The number of nitrogens with one attached hydrogen (secondary N) is 1. The summed E-state index contributed by atoms with van der Waals surface area (Å²) in [6.45, 7) is 4.33. The average molecular weight is 146 g/mol. The largest absolute Gasteiger partial charge is 0.352 e. The summed E-state index contributed by atoms with van der Waals surface area (Å²) in [5.74, 6) is 0. The fourth-order valence-electron chi connectivity index (χ4n) is 0.254. The van der Waals surface area contributed by atoms with Crippen molar-refractivity contribution in [1.29, 1.82) is 0 Å². The normalized spacial score (nSPS) is 7.00. The van der Waals surface area contributed by atoms with Gasteiger partial charge in [-0.1, -0.05) is 13.8 Å². The smallest absolute Gasteiger partial charge is 0.312 e. The highest BCUT2D eigenvalue weighted by Crippen LogP contribution is 1.64. The van der Waals surface area contributed by atoms with Crippen LogP contribution in [0.2, 0.25) is 0 Å². The van der Waals surface area contributed by atoms with Crippen LogP contribution >= 0.6 is 0 Å². The molecule has 0 heterocycles. The van der Waals surface area contributed by atoms with E-state index in [4.69, 9.17) is 0 Å². The molecular weight excluding hydrogens is 132 g/mol. The number of primary amides is 1. The molecule has 0 aliphatic rings. The third kappa shape index (κ3) is 15.8. The Morgan fingerprint density at radius 3 is 2.40 bits per heavy atom. The third-order valence-electron chi connectivity index (χ3n) is 0.561. The van der Waals surface area contributed by atoms with Crippen LogP contribution in [0.25, 0.3) is 0 Å². The van der Waals surface area contributed by atoms with Gasteiger partial charge in [0.15, 0.2) is 0 Å². The van der Waals surface area contributed by atoms with E-state index in [0.717, 1.165) is 6.29 Å². The van der Waals surface area contributed by atoms with E-state index >= 15 is 0 Å². The van der Waals surface area contributed by atoms with Gasteiger partial charge < -0.3 is 15.8 Å². The highest BCUT2D eigenvalue weighted by atomic mass is 16.2. The van der Waals surface area contributed by atoms with E-state index in [0.29, 0.717) is 13.0 Å². The van der Waals surface area contributed by atoms with Gasteiger partial charge in [0.2, 0.25) is 0 Å². The standard InChI is InChI=1S/C4H8N2O2.C2H6/c5-4(8)6-2-1-3-7;1-2/h3H,1-2H2,(H3,5,6,8);1-2H3. The molecule has 4 heteroatoms. The number of rotatable bonds is 3. The summed E-state index contributed by atoms with van der Waals surface area (Å²) in [5, 5.41) is 2.25. The second-order valence-electron chi connectivity index (χ2n) is 1.25. The van der Waals surface area contributed by atoms with Crippen molar-refractivity contribution in [2.24, 2.45) is 5.73 Å². The van der Waals surface area contributed by atoms with Crippen molar-refractivity contribution in [3.8, 4) is 0 Å². The van der Waals surface area contributed by atoms with Crippen LogP contribution in [0.1, 0.15) is 20.3 Å². The van der Waals surface area contributed by atoms with Crippen molar-refractivity contribution < 1.29 is 9.59 Å². The molecule has 0 aromatic heterocycles. The molecule has 0 saturated carbocycles. The van der Waals surface area contributed by atoms with E-state index in [1.807, 2.05) is 13.8 Å². The van der Waals surface area contributed by atoms with Gasteiger partial charge in [-0.05, 0) is 0 Å². The number of hydrogen-bond acceptors (Lipinski definition) is 2. The predicted octanol–water partition coefficient (Wildman–Crippen LogP) is 0.270. The summed E-state index contributed by atoms with van der Waals surface area (Å²) >= 11 is 0. The second-order valence-corrected chi connectivity index (χ2v) is 1.25. The Bertz CT molecular complexity index is 93.7. The lowest BCUT2D eigenvalue weighted by molar-refractivity contribution is -0.107. The Balaban J connectivity index is 0. The lowest BCUT2D eigenvalue weighted by Crippen LogP contribution is -2.30. The van der Waals surface area contributed by atoms with Crippen LogP contribution in [0.15, 0.2) is 0 Å². The molecular formula is C6H14N2O2. The summed E-state index contributed by atoms with van der Waals surface area (Å²) in [6, 6.07) is -0.591. The van der Waals surface area contributed by atoms with Crippen molar-refractivity contribution in [1.82, 2.24) is 5.32 Å². The molecule has 0 fully saturated rings. The van der Waals surface area contributed by atoms with Crippen molar-refractivity contribution in [3.63, 3.8) is 0 Å². The molecule has 0 bridgehead atoms. The molecule has 3 N–H and O–H groups in total. The highest BCUT2D eigenvalue weighted by molar-refractivity contribution is 5.71. The van der Waals surface area contributed by atoms with Crippen LogP contribution in [0.4, 0.5) is 4.79 Å². The molecule has 0 aromatic carbocycles. The first-order chi connectivity index (χ1) is 4.77. The third-order valence-corrected chi connectivity index (χ3v) is 0.561. The van der Waals surface area contributed by atoms with Crippen molar-refractivity contribution in [3.05, 3.63) is 0 Å². The lowest BCUT2D eigenvalue weighted by atomic mass is 10.5. The SMILES string of the molecule is CC.NC(=O)NCCC=O. The minimum atomic E-state index is -0.591. The van der Waals surface area contributed by atoms with Crippen molar-refractivity contribution >= 4 is 12.3 Å². The number of urea groups is 1. The van der Waals surface area contributed by atoms with Crippen LogP contribution in [0.3, 0.4) is 0 Å². The van der Waals surface area contributed by atoms with E-state index in [1.54, 1.807) is 0 Å². The summed E-state index contributed by atoms with van der Waals surface area (Å²) < 4.78 is 0. The molecule has 0 rings (SSSR count). The minimum Gasteiger partial charge on any atom is -0.352 e. The zero-order valence-electron chi connectivity index (χ0n) is 6.39. The maximum Gasteiger partial charge on any atom is 0.312 e. The monoisotopic (exact) mass is 146 g/mol. The zero-order valence-corrected chi connectivity index (χ0v) is 6.39. The molecule has 0 aliphatic carbocycles. The minimum absolute atomic E-state index is 0.322. The van der Waals surface area contributed by atoms with E-state index in [-0.39, 0.29) is 0 Å². The molecule has 2 amide bonds. The Morgan fingerprint density at radius 1 is 1.60 bits per heavy atom. The lowest BCUT2D eigenvalue weighted by Gasteiger charge is -1.92. The topological polar surface area (TPSA) is 72.2 Å². The van der Waals surface area contributed by atoms with Crippen LogP contribution in [-0.4, -0.2) is 18.9 Å². The fourth-order valence-corrected chi connectivity index (χ4v) is 0.254. The van der Waals surface area contributed by atoms with Gasteiger partial charge in [-0.2, -0.15) is 0 Å². The Labute approximate surface area is 60.8 Å². The number of carbonyl (C=O) groups excluding carboxylic acids is 2. The molecule has 0 aromatic rings. The first-order valence-corrected chi connectivity index (χ1v) is 3.24. The van der Waals surface area contributed by atoms with Gasteiger partial charge in [0.1, 0.15) is 6.29 Å². The maximum absolute atomic E-state index is 9.87. The zero-order chi connectivity index (χ0) is 8.41. The van der Waals surface area contributed by atoms with Gasteiger partial charge in [0.25, 0.3) is 0 Å². The van der Waals surface area contributed by atoms with Crippen LogP contribution in [0.5, 0.6) is 0 Å². The second kappa shape index (κ2) is 10.8. The molecule has 0 unspecified atom stereocenters. The van der Waals surface area contributed by atoms with Crippen molar-refractivity contribution in [2.75, 3.05) is 6.54 Å². The highest BCUT2D eigenvalue weighted by Gasteiger charge is 1.86. The van der Waals surface area contributed by atoms with Crippen LogP contribution in [0, 0.1) is 0 Å². The summed E-state index contributed by atoms with van der Waals surface area (Å²) in [6.07, 6.45) is 1.04. The average Bonchev–Trinajstić information content (AvgIpc) is 1.92. The van der Waals surface area contributed by atoms with E-state index in [1.165, 1.54) is 0 Å². The van der Waals surface area contributed by atoms with Gasteiger partial charge in [-0.25, -0.2) is 4.79 Å². The van der Waals surface area contributed by atoms with Gasteiger partial charge in [-0.3, -0.25) is 0 Å². The van der Waals surface area contributed by atoms with Gasteiger partial charge in [-0.15, -0.1) is 0 Å². The Hall–Kier alpha value is -1.06. The van der Waals surface area contributed by atoms with Gasteiger partial charge in [0, 0.05) is 13.0 Å². The molecule has 0 spiro atoms. The molecule has 10 heavy (non-hydrogen) atoms. The molecule has 0 saturated heterocycles. The number of hydrogen-bond donors (Lipinski definition) is 2. The van der Waals surface area contributed by atoms with Gasteiger partial charge >= 0.3 is 6.03 Å². The Morgan fingerprint density at radius 2 is 2.10 bits per heavy atom. The van der Waals surface area contributed by atoms with E-state index in [2.05, 4.69) is 11.1 Å². The molecule has 0 aliphatic heterocycles. The Kier molecular flexibility index (Phi) is 12.7. The quantitative estimate of drug-likeness (QED) is 0.443. The predicted molar refractivity (Wildman–Crippen MR) is 39.6 cm³/mol. The molecule has 60 valence electrons. The number of amides is 2. The molecule has 0 radical (unpaired) electrons. The van der Waals surface area contributed by atoms with E-state index in [9.17, 15) is 9.59 Å². The molecule has 4 nitrogen and oxygen atoms in total. The summed E-state index contributed by atoms with van der Waals surface area (Å²) in [5.41, 5.74) is 4.67.